The molecule has 6 atom stereocenters. The highest BCUT2D eigenvalue weighted by molar-refractivity contribution is 7.52. The standard InChI is InChI=1S/C31H35F2N6O9P/c1-18-27(41)45-16-31(32,33)13-6-7-14-44-26-23-25(36-29(34-3)37-26)39(17-35-23)28-30(2,42)24(40)22(47-28)15-46-49(43,38-18)48-21-12-8-10-19-9-4-5-11-20(19)21/h4-6,8-13,17-18,22,24,28,40,42H,7,14-16H2,1-3H3,(H,38,43)(H,34,36,37)/t18-,22?,24+,28?,30+,49?/m0/s1. The van der Waals surface area contributed by atoms with Gasteiger partial charge in [-0.1, -0.05) is 42.5 Å². The van der Waals surface area contributed by atoms with Gasteiger partial charge in [-0.05, 0) is 37.8 Å². The van der Waals surface area contributed by atoms with Gasteiger partial charge in [0.2, 0.25) is 11.8 Å². The molecule has 18 heteroatoms. The normalized spacial score (nSPS) is 29.7. The molecule has 0 spiro atoms. The van der Waals surface area contributed by atoms with Gasteiger partial charge >= 0.3 is 13.7 Å². The van der Waals surface area contributed by atoms with E-state index in [0.717, 1.165) is 5.39 Å². The highest BCUT2D eigenvalue weighted by atomic mass is 31.2. The van der Waals surface area contributed by atoms with Crippen molar-refractivity contribution in [2.75, 3.05) is 32.2 Å². The predicted molar refractivity (Wildman–Crippen MR) is 171 cm³/mol. The Morgan fingerprint density at radius 1 is 1.16 bits per heavy atom. The maximum atomic E-state index is 14.6. The maximum absolute atomic E-state index is 14.6. The summed E-state index contributed by atoms with van der Waals surface area (Å²) in [5.41, 5.74) is -1.62. The van der Waals surface area contributed by atoms with Gasteiger partial charge < -0.3 is 34.3 Å². The molecule has 0 aliphatic carbocycles. The summed E-state index contributed by atoms with van der Waals surface area (Å²) in [6, 6.07) is 10.6. The second kappa shape index (κ2) is 13.6. The van der Waals surface area contributed by atoms with Crippen LogP contribution in [0.3, 0.4) is 0 Å². The lowest BCUT2D eigenvalue weighted by Gasteiger charge is -2.27. The van der Waals surface area contributed by atoms with Crippen LogP contribution < -0.4 is 19.7 Å². The van der Waals surface area contributed by atoms with Crippen molar-refractivity contribution >= 4 is 41.6 Å². The summed E-state index contributed by atoms with van der Waals surface area (Å²) in [7, 11) is -3.00. The molecule has 4 aromatic rings. The molecule has 0 amide bonds. The van der Waals surface area contributed by atoms with Crippen molar-refractivity contribution < 1.29 is 51.6 Å². The number of aliphatic hydroxyl groups excluding tert-OH is 1. The van der Waals surface area contributed by atoms with Crippen molar-refractivity contribution in [3.8, 4) is 11.6 Å². The zero-order valence-corrected chi connectivity index (χ0v) is 27.5. The average Bonchev–Trinajstić information content (AvgIpc) is 3.59. The molecular formula is C31H35F2N6O9P. The van der Waals surface area contributed by atoms with E-state index in [1.54, 1.807) is 43.4 Å². The fourth-order valence-electron chi connectivity index (χ4n) is 5.43. The first-order valence-corrected chi connectivity index (χ1v) is 16.9. The molecule has 4 heterocycles. The summed E-state index contributed by atoms with van der Waals surface area (Å²) in [4.78, 5) is 25.8. The van der Waals surface area contributed by atoms with Crippen molar-refractivity contribution in [1.29, 1.82) is 0 Å². The highest BCUT2D eigenvalue weighted by Gasteiger charge is 2.54. The lowest BCUT2D eigenvalue weighted by atomic mass is 9.96. The Bertz CT molecular complexity index is 1920. The van der Waals surface area contributed by atoms with Gasteiger partial charge in [0.25, 0.3) is 5.92 Å². The van der Waals surface area contributed by atoms with Crippen LogP contribution in [0.2, 0.25) is 0 Å². The predicted octanol–water partition coefficient (Wildman–Crippen LogP) is 3.73. The molecule has 2 aromatic heterocycles. The van der Waals surface area contributed by atoms with Gasteiger partial charge in [0.15, 0.2) is 24.0 Å². The molecule has 6 rings (SSSR count). The largest absolute Gasteiger partial charge is 0.476 e. The van der Waals surface area contributed by atoms with Gasteiger partial charge in [0.05, 0.1) is 19.5 Å². The minimum Gasteiger partial charge on any atom is -0.476 e. The molecule has 2 aliphatic heterocycles. The van der Waals surface area contributed by atoms with Gasteiger partial charge in [0.1, 0.15) is 29.6 Å². The third-order valence-corrected chi connectivity index (χ3v) is 9.62. The Labute approximate surface area is 278 Å². The Hall–Kier alpha value is -4.25. The summed E-state index contributed by atoms with van der Waals surface area (Å²) in [6.45, 7) is 0.599. The van der Waals surface area contributed by atoms with Crippen molar-refractivity contribution in [3.05, 3.63) is 60.9 Å². The van der Waals surface area contributed by atoms with Gasteiger partial charge in [-0.15, -0.1) is 0 Å². The summed E-state index contributed by atoms with van der Waals surface area (Å²) in [6.07, 6.45) is -1.08. The molecular weight excluding hydrogens is 669 g/mol. The van der Waals surface area contributed by atoms with E-state index in [2.05, 4.69) is 25.4 Å². The molecule has 1 saturated heterocycles. The number of nitrogens with zero attached hydrogens (tertiary/aromatic N) is 4. The first kappa shape index (κ1) is 34.6. The molecule has 262 valence electrons. The number of nitrogens with one attached hydrogen (secondary N) is 2. The smallest absolute Gasteiger partial charge is 0.459 e. The van der Waals surface area contributed by atoms with Crippen LogP contribution in [0, 0.1) is 0 Å². The number of carbonyl (C=O) groups excluding carboxylic acids is 1. The van der Waals surface area contributed by atoms with Crippen molar-refractivity contribution in [2.45, 2.75) is 56.3 Å². The number of hydrogen-bond acceptors (Lipinski definition) is 13. The third-order valence-electron chi connectivity index (χ3n) is 7.99. The second-order valence-electron chi connectivity index (χ2n) is 11.7. The zero-order chi connectivity index (χ0) is 35.0. The second-order valence-corrected chi connectivity index (χ2v) is 13.4. The van der Waals surface area contributed by atoms with Crippen molar-refractivity contribution in [3.63, 3.8) is 0 Å². The number of rotatable bonds is 3. The lowest BCUT2D eigenvalue weighted by Crippen LogP contribution is -2.44. The van der Waals surface area contributed by atoms with Gasteiger partial charge in [-0.25, -0.2) is 9.55 Å². The highest BCUT2D eigenvalue weighted by Crippen LogP contribution is 2.48. The van der Waals surface area contributed by atoms with Crippen LogP contribution in [0.4, 0.5) is 14.7 Å². The maximum Gasteiger partial charge on any atom is 0.459 e. The minimum absolute atomic E-state index is 0.0257. The van der Waals surface area contributed by atoms with Gasteiger partial charge in [-0.3, -0.25) is 13.9 Å². The number of ether oxygens (including phenoxy) is 3. The third kappa shape index (κ3) is 7.22. The van der Waals surface area contributed by atoms with E-state index in [9.17, 15) is 28.4 Å². The number of benzene rings is 2. The summed E-state index contributed by atoms with van der Waals surface area (Å²) >= 11 is 0. The Morgan fingerprint density at radius 3 is 2.73 bits per heavy atom. The monoisotopic (exact) mass is 704 g/mol. The van der Waals surface area contributed by atoms with Crippen LogP contribution in [0.5, 0.6) is 11.6 Å². The van der Waals surface area contributed by atoms with E-state index in [4.69, 9.17) is 23.3 Å². The van der Waals surface area contributed by atoms with Gasteiger partial charge in [-0.2, -0.15) is 23.8 Å². The van der Waals surface area contributed by atoms with Gasteiger partial charge in [0, 0.05) is 12.4 Å². The molecule has 2 aromatic carbocycles. The number of carbonyl (C=O) groups is 1. The number of aromatic nitrogens is 4. The number of esters is 1. The molecule has 0 saturated carbocycles. The molecule has 4 N–H and O–H groups in total. The number of cyclic esters (lactones) is 1. The Morgan fingerprint density at radius 2 is 1.94 bits per heavy atom. The fourth-order valence-corrected chi connectivity index (χ4v) is 6.95. The first-order chi connectivity index (χ1) is 23.3. The number of alkyl halides is 2. The fraction of sp³-hybridized carbons (Fsp3) is 0.419. The quantitative estimate of drug-likeness (QED) is 0.137. The topological polar surface area (TPSA) is 188 Å². The summed E-state index contributed by atoms with van der Waals surface area (Å²) in [5.74, 6) is -4.42. The molecule has 49 heavy (non-hydrogen) atoms. The Balaban J connectivity index is 1.37. The average molecular weight is 705 g/mol. The molecule has 2 aliphatic rings. The molecule has 3 unspecified atom stereocenters. The number of fused-ring (bicyclic) bond motifs is 4. The summed E-state index contributed by atoms with van der Waals surface area (Å²) in [5, 5.41) is 29.3. The Kier molecular flexibility index (Phi) is 9.59. The van der Waals surface area contributed by atoms with Crippen LogP contribution in [0.15, 0.2) is 60.9 Å². The number of anilines is 1. The van der Waals surface area contributed by atoms with Crippen LogP contribution >= 0.6 is 7.75 Å². The van der Waals surface area contributed by atoms with E-state index in [1.807, 2.05) is 0 Å². The van der Waals surface area contributed by atoms with E-state index >= 15 is 0 Å². The zero-order valence-electron chi connectivity index (χ0n) is 26.7. The van der Waals surface area contributed by atoms with E-state index in [0.29, 0.717) is 11.5 Å². The first-order valence-electron chi connectivity index (χ1n) is 15.3. The molecule has 1 fully saturated rings. The molecule has 0 radical (unpaired) electrons. The van der Waals surface area contributed by atoms with Crippen molar-refractivity contribution in [1.82, 2.24) is 24.6 Å². The van der Waals surface area contributed by atoms with E-state index in [1.165, 1.54) is 36.9 Å². The summed E-state index contributed by atoms with van der Waals surface area (Å²) < 4.78 is 73.2. The number of aliphatic hydroxyl groups is 2. The lowest BCUT2D eigenvalue weighted by molar-refractivity contribution is -0.153. The van der Waals surface area contributed by atoms with E-state index < -0.39 is 62.9 Å². The minimum atomic E-state index is -4.58. The van der Waals surface area contributed by atoms with Crippen LogP contribution in [0.1, 0.15) is 26.5 Å². The van der Waals surface area contributed by atoms with E-state index in [-0.39, 0.29) is 41.8 Å². The van der Waals surface area contributed by atoms with Crippen LogP contribution in [-0.4, -0.2) is 92.3 Å². The van der Waals surface area contributed by atoms with Crippen molar-refractivity contribution in [2.24, 2.45) is 0 Å². The molecule has 6 bridgehead atoms. The van der Waals surface area contributed by atoms with Crippen LogP contribution in [-0.2, 0) is 23.4 Å². The number of hydrogen-bond donors (Lipinski definition) is 4. The SMILES string of the molecule is CNc1nc2c3ncn(c3n1)C1OC(COP(=O)(Oc3cccc4ccccc34)N[C@@H](C)C(=O)OCC(F)(F)C=CCCO2)[C@@H](O)[C@@]1(C)O. The van der Waals surface area contributed by atoms with Crippen LogP contribution in [0.25, 0.3) is 21.9 Å². The molecule has 15 nitrogen and oxygen atoms in total. The number of imidazole rings is 1. The number of halogens is 2.